The smallest absolute Gasteiger partial charge is 0.237 e. The van der Waals surface area contributed by atoms with Crippen LogP contribution in [0.5, 0.6) is 0 Å². The number of imidazole rings is 1. The Labute approximate surface area is 148 Å². The number of nitrogens with one attached hydrogen (secondary N) is 1. The molecule has 6 nitrogen and oxygen atoms in total. The Morgan fingerprint density at radius 3 is 2.96 bits per heavy atom. The molecule has 1 atom stereocenters. The molecule has 25 heavy (non-hydrogen) atoms. The summed E-state index contributed by atoms with van der Waals surface area (Å²) in [5.74, 6) is 0.0545. The van der Waals surface area contributed by atoms with Crippen molar-refractivity contribution in [3.8, 4) is 0 Å². The van der Waals surface area contributed by atoms with Crippen molar-refractivity contribution in [3.63, 3.8) is 0 Å². The lowest BCUT2D eigenvalue weighted by Crippen LogP contribution is -2.46. The van der Waals surface area contributed by atoms with Crippen molar-refractivity contribution >= 4 is 5.91 Å². The van der Waals surface area contributed by atoms with E-state index in [4.69, 9.17) is 4.74 Å². The number of hydrogen-bond acceptors (Lipinski definition) is 4. The van der Waals surface area contributed by atoms with Gasteiger partial charge < -0.3 is 14.6 Å². The van der Waals surface area contributed by atoms with E-state index in [-0.39, 0.29) is 11.9 Å². The molecule has 0 radical (unpaired) electrons. The van der Waals surface area contributed by atoms with Gasteiger partial charge in [-0.1, -0.05) is 24.3 Å². The Morgan fingerprint density at radius 1 is 1.36 bits per heavy atom. The monoisotopic (exact) mass is 342 g/mol. The first kappa shape index (κ1) is 17.6. The zero-order valence-corrected chi connectivity index (χ0v) is 14.9. The number of carbonyl (C=O) groups is 1. The summed E-state index contributed by atoms with van der Waals surface area (Å²) in [7, 11) is 1.68. The van der Waals surface area contributed by atoms with Gasteiger partial charge in [0, 0.05) is 32.9 Å². The molecule has 1 N–H and O–H groups in total. The zero-order valence-electron chi connectivity index (χ0n) is 14.9. The second-order valence-corrected chi connectivity index (χ2v) is 6.45. The quantitative estimate of drug-likeness (QED) is 0.830. The fraction of sp³-hybridized carbons (Fsp3) is 0.474. The maximum Gasteiger partial charge on any atom is 0.237 e. The molecule has 1 aliphatic heterocycles. The molecule has 0 spiro atoms. The van der Waals surface area contributed by atoms with Gasteiger partial charge in [-0.25, -0.2) is 4.98 Å². The SMILES string of the molecule is COCCn1cncc1CNC(=O)C(C)N1CCc2ccccc2C1. The molecule has 1 amide bonds. The Kier molecular flexibility index (Phi) is 5.83. The third-order valence-corrected chi connectivity index (χ3v) is 4.87. The molecular formula is C19H26N4O2. The Bertz CT molecular complexity index is 713. The third kappa shape index (κ3) is 4.27. The van der Waals surface area contributed by atoms with Gasteiger partial charge >= 0.3 is 0 Å². The summed E-state index contributed by atoms with van der Waals surface area (Å²) < 4.78 is 7.10. The topological polar surface area (TPSA) is 59.4 Å². The van der Waals surface area contributed by atoms with Crippen LogP contribution in [0.3, 0.4) is 0 Å². The van der Waals surface area contributed by atoms with E-state index in [1.54, 1.807) is 19.6 Å². The first-order valence-electron chi connectivity index (χ1n) is 8.75. The summed E-state index contributed by atoms with van der Waals surface area (Å²) in [6.07, 6.45) is 4.56. The minimum absolute atomic E-state index is 0.0545. The van der Waals surface area contributed by atoms with Gasteiger partial charge in [0.1, 0.15) is 0 Å². The number of amides is 1. The Hall–Kier alpha value is -2.18. The van der Waals surface area contributed by atoms with Crippen LogP contribution in [0.2, 0.25) is 0 Å². The molecule has 0 bridgehead atoms. The van der Waals surface area contributed by atoms with E-state index in [1.165, 1.54) is 11.1 Å². The van der Waals surface area contributed by atoms with Gasteiger partial charge in [0.05, 0.1) is 31.2 Å². The average molecular weight is 342 g/mol. The van der Waals surface area contributed by atoms with Gasteiger partial charge in [0.15, 0.2) is 0 Å². The molecule has 2 aromatic rings. The number of aromatic nitrogens is 2. The molecule has 0 saturated heterocycles. The van der Waals surface area contributed by atoms with E-state index in [2.05, 4.69) is 39.5 Å². The van der Waals surface area contributed by atoms with Crippen LogP contribution in [-0.2, 0) is 35.6 Å². The van der Waals surface area contributed by atoms with E-state index in [0.717, 1.165) is 31.7 Å². The molecule has 134 valence electrons. The van der Waals surface area contributed by atoms with Gasteiger partial charge in [-0.05, 0) is 24.5 Å². The lowest BCUT2D eigenvalue weighted by atomic mass is 9.99. The lowest BCUT2D eigenvalue weighted by molar-refractivity contribution is -0.126. The van der Waals surface area contributed by atoms with E-state index in [0.29, 0.717) is 13.2 Å². The van der Waals surface area contributed by atoms with Crippen molar-refractivity contribution in [2.24, 2.45) is 0 Å². The summed E-state index contributed by atoms with van der Waals surface area (Å²) in [4.78, 5) is 19.0. The number of carbonyl (C=O) groups excluding carboxylic acids is 1. The van der Waals surface area contributed by atoms with Crippen molar-refractivity contribution in [2.75, 3.05) is 20.3 Å². The molecule has 1 aliphatic rings. The van der Waals surface area contributed by atoms with Crippen molar-refractivity contribution in [1.29, 1.82) is 0 Å². The van der Waals surface area contributed by atoms with Gasteiger partial charge in [-0.3, -0.25) is 9.69 Å². The maximum atomic E-state index is 12.6. The van der Waals surface area contributed by atoms with Gasteiger partial charge in [-0.2, -0.15) is 0 Å². The van der Waals surface area contributed by atoms with E-state index in [1.807, 2.05) is 11.5 Å². The third-order valence-electron chi connectivity index (χ3n) is 4.87. The highest BCUT2D eigenvalue weighted by Gasteiger charge is 2.25. The number of rotatable bonds is 7. The van der Waals surface area contributed by atoms with Crippen LogP contribution < -0.4 is 5.32 Å². The summed E-state index contributed by atoms with van der Waals surface area (Å²) >= 11 is 0. The van der Waals surface area contributed by atoms with Gasteiger partial charge in [0.25, 0.3) is 0 Å². The predicted molar refractivity (Wildman–Crippen MR) is 96.0 cm³/mol. The first-order chi connectivity index (χ1) is 12.2. The van der Waals surface area contributed by atoms with E-state index in [9.17, 15) is 4.79 Å². The molecule has 3 rings (SSSR count). The number of methoxy groups -OCH3 is 1. The van der Waals surface area contributed by atoms with E-state index < -0.39 is 0 Å². The fourth-order valence-electron chi connectivity index (χ4n) is 3.23. The van der Waals surface area contributed by atoms with Crippen LogP contribution in [0, 0.1) is 0 Å². The average Bonchev–Trinajstić information content (AvgIpc) is 3.10. The first-order valence-corrected chi connectivity index (χ1v) is 8.75. The van der Waals surface area contributed by atoms with Crippen LogP contribution in [0.25, 0.3) is 0 Å². The van der Waals surface area contributed by atoms with Crippen molar-refractivity contribution in [3.05, 3.63) is 53.6 Å². The fourth-order valence-corrected chi connectivity index (χ4v) is 3.23. The molecule has 0 aliphatic carbocycles. The Morgan fingerprint density at radius 2 is 2.16 bits per heavy atom. The van der Waals surface area contributed by atoms with Crippen LogP contribution in [0.1, 0.15) is 23.7 Å². The minimum atomic E-state index is -0.149. The standard InChI is InChI=1S/C19H26N4O2/c1-15(22-8-7-16-5-3-4-6-17(16)13-22)19(24)21-12-18-11-20-14-23(18)9-10-25-2/h3-6,11,14-15H,7-10,12-13H2,1-2H3,(H,21,24). The van der Waals surface area contributed by atoms with Gasteiger partial charge in [0.2, 0.25) is 5.91 Å². The van der Waals surface area contributed by atoms with Crippen molar-refractivity contribution < 1.29 is 9.53 Å². The molecule has 2 heterocycles. The lowest BCUT2D eigenvalue weighted by Gasteiger charge is -2.32. The number of hydrogen-bond donors (Lipinski definition) is 1. The normalized spacial score (nSPS) is 15.6. The van der Waals surface area contributed by atoms with Crippen LogP contribution in [-0.4, -0.2) is 46.7 Å². The van der Waals surface area contributed by atoms with Crippen LogP contribution >= 0.6 is 0 Å². The molecule has 1 aromatic heterocycles. The second-order valence-electron chi connectivity index (χ2n) is 6.45. The molecule has 6 heteroatoms. The predicted octanol–water partition coefficient (Wildman–Crippen LogP) is 1.59. The largest absolute Gasteiger partial charge is 0.383 e. The van der Waals surface area contributed by atoms with Crippen LogP contribution in [0.4, 0.5) is 0 Å². The highest BCUT2D eigenvalue weighted by Crippen LogP contribution is 2.20. The zero-order chi connectivity index (χ0) is 17.6. The summed E-state index contributed by atoms with van der Waals surface area (Å²) in [5, 5.41) is 3.04. The van der Waals surface area contributed by atoms with E-state index >= 15 is 0 Å². The summed E-state index contributed by atoms with van der Waals surface area (Å²) in [6, 6.07) is 8.33. The second kappa shape index (κ2) is 8.27. The molecular weight excluding hydrogens is 316 g/mol. The minimum Gasteiger partial charge on any atom is -0.383 e. The van der Waals surface area contributed by atoms with Gasteiger partial charge in [-0.15, -0.1) is 0 Å². The number of fused-ring (bicyclic) bond motifs is 1. The Balaban J connectivity index is 1.54. The molecule has 1 aromatic carbocycles. The summed E-state index contributed by atoms with van der Waals surface area (Å²) in [6.45, 7) is 5.57. The number of nitrogens with zero attached hydrogens (tertiary/aromatic N) is 3. The molecule has 1 unspecified atom stereocenters. The van der Waals surface area contributed by atoms with Crippen molar-refractivity contribution in [1.82, 2.24) is 19.8 Å². The highest BCUT2D eigenvalue weighted by atomic mass is 16.5. The molecule has 0 saturated carbocycles. The highest BCUT2D eigenvalue weighted by molar-refractivity contribution is 5.81. The summed E-state index contributed by atoms with van der Waals surface area (Å²) in [5.41, 5.74) is 3.71. The number of benzene rings is 1. The number of ether oxygens (including phenoxy) is 1. The van der Waals surface area contributed by atoms with Crippen LogP contribution in [0.15, 0.2) is 36.8 Å². The molecule has 0 fully saturated rings. The van der Waals surface area contributed by atoms with Crippen molar-refractivity contribution in [2.45, 2.75) is 39.0 Å². The maximum absolute atomic E-state index is 12.6.